The number of benzene rings is 1. The monoisotopic (exact) mass is 291 g/mol. The van der Waals surface area contributed by atoms with Crippen molar-refractivity contribution in [2.45, 2.75) is 6.92 Å². The number of ether oxygens (including phenoxy) is 2. The third-order valence-corrected chi connectivity index (χ3v) is 2.39. The van der Waals surface area contributed by atoms with Gasteiger partial charge in [-0.25, -0.2) is 10.8 Å². The number of nitrogens with zero attached hydrogens (tertiary/aromatic N) is 3. The molecule has 3 N–H and O–H groups in total. The standard InChI is InChI=1S/C12H13N5O4/c1-2-20-8-4-3-5-9(6-8)21-11-10(17(18)19)7-14-12(15-11)16-13/h3-7H,2,13H2,1H3,(H,14,15,16). The minimum absolute atomic E-state index is 0.0107. The fourth-order valence-electron chi connectivity index (χ4n) is 1.54. The van der Waals surface area contributed by atoms with Gasteiger partial charge in [0.1, 0.15) is 17.7 Å². The Morgan fingerprint density at radius 3 is 2.86 bits per heavy atom. The van der Waals surface area contributed by atoms with Crippen LogP contribution in [0.4, 0.5) is 11.6 Å². The molecule has 110 valence electrons. The smallest absolute Gasteiger partial charge is 0.349 e. The topological polar surface area (TPSA) is 125 Å². The van der Waals surface area contributed by atoms with E-state index in [0.29, 0.717) is 18.1 Å². The van der Waals surface area contributed by atoms with Gasteiger partial charge in [0.05, 0.1) is 11.5 Å². The van der Waals surface area contributed by atoms with Crippen molar-refractivity contribution in [2.75, 3.05) is 12.0 Å². The number of hydrazine groups is 1. The van der Waals surface area contributed by atoms with Crippen molar-refractivity contribution in [2.24, 2.45) is 5.84 Å². The van der Waals surface area contributed by atoms with Crippen molar-refractivity contribution in [3.05, 3.63) is 40.6 Å². The van der Waals surface area contributed by atoms with Crippen LogP contribution < -0.4 is 20.7 Å². The average Bonchev–Trinajstić information content (AvgIpc) is 2.47. The Bertz CT molecular complexity index is 649. The van der Waals surface area contributed by atoms with Gasteiger partial charge in [0.25, 0.3) is 0 Å². The molecule has 0 saturated heterocycles. The fraction of sp³-hybridized carbons (Fsp3) is 0.167. The third-order valence-electron chi connectivity index (χ3n) is 2.39. The Labute approximate surface area is 119 Å². The van der Waals surface area contributed by atoms with Gasteiger partial charge in [0, 0.05) is 6.07 Å². The first kappa shape index (κ1) is 14.5. The number of anilines is 1. The minimum Gasteiger partial charge on any atom is -0.494 e. The van der Waals surface area contributed by atoms with Crippen molar-refractivity contribution in [1.82, 2.24) is 9.97 Å². The van der Waals surface area contributed by atoms with Crippen LogP contribution in [0.5, 0.6) is 17.4 Å². The van der Waals surface area contributed by atoms with E-state index in [0.717, 1.165) is 6.20 Å². The van der Waals surface area contributed by atoms with E-state index in [4.69, 9.17) is 15.3 Å². The lowest BCUT2D eigenvalue weighted by Crippen LogP contribution is -2.11. The highest BCUT2D eigenvalue weighted by Crippen LogP contribution is 2.30. The maximum atomic E-state index is 11.0. The van der Waals surface area contributed by atoms with E-state index in [1.54, 1.807) is 24.3 Å². The molecule has 0 atom stereocenters. The van der Waals surface area contributed by atoms with Gasteiger partial charge in [-0.3, -0.25) is 15.5 Å². The molecule has 0 aliphatic carbocycles. The number of nitrogen functional groups attached to an aromatic ring is 1. The maximum absolute atomic E-state index is 11.0. The van der Waals surface area contributed by atoms with Gasteiger partial charge in [0.2, 0.25) is 5.95 Å². The summed E-state index contributed by atoms with van der Waals surface area (Å²) in [6.07, 6.45) is 1.02. The molecular weight excluding hydrogens is 278 g/mol. The zero-order valence-electron chi connectivity index (χ0n) is 11.1. The summed E-state index contributed by atoms with van der Waals surface area (Å²) in [7, 11) is 0. The molecule has 21 heavy (non-hydrogen) atoms. The Morgan fingerprint density at radius 1 is 1.43 bits per heavy atom. The Morgan fingerprint density at radius 2 is 2.19 bits per heavy atom. The normalized spacial score (nSPS) is 10.0. The van der Waals surface area contributed by atoms with Crippen LogP contribution in [0, 0.1) is 10.1 Å². The molecule has 2 aromatic rings. The van der Waals surface area contributed by atoms with Crippen LogP contribution in [-0.2, 0) is 0 Å². The predicted octanol–water partition coefficient (Wildman–Crippen LogP) is 1.86. The van der Waals surface area contributed by atoms with Crippen LogP contribution in [0.15, 0.2) is 30.5 Å². The second-order valence-corrected chi connectivity index (χ2v) is 3.80. The lowest BCUT2D eigenvalue weighted by atomic mass is 10.3. The minimum atomic E-state index is -0.637. The van der Waals surface area contributed by atoms with Gasteiger partial charge in [-0.2, -0.15) is 4.98 Å². The van der Waals surface area contributed by atoms with E-state index in [2.05, 4.69) is 15.4 Å². The second-order valence-electron chi connectivity index (χ2n) is 3.80. The van der Waals surface area contributed by atoms with E-state index in [-0.39, 0.29) is 17.5 Å². The molecule has 1 aromatic carbocycles. The van der Waals surface area contributed by atoms with E-state index in [9.17, 15) is 10.1 Å². The number of hydrogen-bond donors (Lipinski definition) is 2. The molecule has 2 rings (SSSR count). The van der Waals surface area contributed by atoms with Gasteiger partial charge in [0.15, 0.2) is 0 Å². The molecule has 0 spiro atoms. The summed E-state index contributed by atoms with van der Waals surface area (Å²) < 4.78 is 10.8. The van der Waals surface area contributed by atoms with E-state index in [1.165, 1.54) is 0 Å². The highest BCUT2D eigenvalue weighted by Gasteiger charge is 2.19. The van der Waals surface area contributed by atoms with Gasteiger partial charge in [-0.05, 0) is 19.1 Å². The molecule has 0 aliphatic heterocycles. The molecule has 1 heterocycles. The zero-order valence-corrected chi connectivity index (χ0v) is 11.1. The van der Waals surface area contributed by atoms with E-state index < -0.39 is 4.92 Å². The van der Waals surface area contributed by atoms with Crippen LogP contribution in [-0.4, -0.2) is 21.5 Å². The molecule has 9 nitrogen and oxygen atoms in total. The second kappa shape index (κ2) is 6.48. The van der Waals surface area contributed by atoms with Crippen LogP contribution in [0.25, 0.3) is 0 Å². The largest absolute Gasteiger partial charge is 0.494 e. The van der Waals surface area contributed by atoms with Crippen molar-refractivity contribution < 1.29 is 14.4 Å². The third kappa shape index (κ3) is 3.54. The Balaban J connectivity index is 2.33. The lowest BCUT2D eigenvalue weighted by Gasteiger charge is -2.08. The van der Waals surface area contributed by atoms with Crippen molar-refractivity contribution in [3.8, 4) is 17.4 Å². The molecule has 0 radical (unpaired) electrons. The summed E-state index contributed by atoms with van der Waals surface area (Å²) >= 11 is 0. The number of hydrogen-bond acceptors (Lipinski definition) is 8. The van der Waals surface area contributed by atoms with Gasteiger partial charge in [-0.15, -0.1) is 0 Å². The first-order valence-corrected chi connectivity index (χ1v) is 6.02. The molecule has 0 fully saturated rings. The highest BCUT2D eigenvalue weighted by molar-refractivity contribution is 5.46. The van der Waals surface area contributed by atoms with Crippen molar-refractivity contribution >= 4 is 11.6 Å². The first-order chi connectivity index (χ1) is 10.1. The highest BCUT2D eigenvalue weighted by atomic mass is 16.6. The van der Waals surface area contributed by atoms with Crippen LogP contribution >= 0.6 is 0 Å². The van der Waals surface area contributed by atoms with Crippen molar-refractivity contribution in [3.63, 3.8) is 0 Å². The quantitative estimate of drug-likeness (QED) is 0.469. The SMILES string of the molecule is CCOc1cccc(Oc2nc(NN)ncc2[N+](=O)[O-])c1. The molecule has 0 aliphatic rings. The summed E-state index contributed by atoms with van der Waals surface area (Å²) in [5, 5.41) is 11.0. The molecule has 0 amide bonds. The molecule has 1 aromatic heterocycles. The number of nitrogens with two attached hydrogens (primary N) is 1. The Hall–Kier alpha value is -2.94. The summed E-state index contributed by atoms with van der Waals surface area (Å²) in [5.41, 5.74) is 1.84. The summed E-state index contributed by atoms with van der Waals surface area (Å²) in [6.45, 7) is 2.35. The number of aromatic nitrogens is 2. The lowest BCUT2D eigenvalue weighted by molar-refractivity contribution is -0.386. The van der Waals surface area contributed by atoms with E-state index in [1.807, 2.05) is 6.92 Å². The molecule has 0 bridgehead atoms. The van der Waals surface area contributed by atoms with Gasteiger partial charge < -0.3 is 9.47 Å². The Kier molecular flexibility index (Phi) is 4.46. The summed E-state index contributed by atoms with van der Waals surface area (Å²) in [4.78, 5) is 17.8. The summed E-state index contributed by atoms with van der Waals surface area (Å²) in [5.74, 6) is 5.92. The first-order valence-electron chi connectivity index (χ1n) is 6.02. The summed E-state index contributed by atoms with van der Waals surface area (Å²) in [6, 6.07) is 6.68. The van der Waals surface area contributed by atoms with Gasteiger partial charge in [-0.1, -0.05) is 6.07 Å². The van der Waals surface area contributed by atoms with E-state index >= 15 is 0 Å². The number of nitro groups is 1. The molecule has 9 heteroatoms. The molecule has 0 unspecified atom stereocenters. The van der Waals surface area contributed by atoms with Crippen LogP contribution in [0.1, 0.15) is 6.92 Å². The number of rotatable bonds is 6. The average molecular weight is 291 g/mol. The maximum Gasteiger partial charge on any atom is 0.349 e. The van der Waals surface area contributed by atoms with Crippen LogP contribution in [0.2, 0.25) is 0 Å². The van der Waals surface area contributed by atoms with Gasteiger partial charge >= 0.3 is 11.6 Å². The predicted molar refractivity (Wildman–Crippen MR) is 74.2 cm³/mol. The molecule has 0 saturated carbocycles. The zero-order chi connectivity index (χ0) is 15.2. The number of nitrogens with one attached hydrogen (secondary N) is 1. The molecular formula is C12H13N5O4. The van der Waals surface area contributed by atoms with Crippen molar-refractivity contribution in [1.29, 1.82) is 0 Å². The fourth-order valence-corrected chi connectivity index (χ4v) is 1.54. The van der Waals surface area contributed by atoms with Crippen LogP contribution in [0.3, 0.4) is 0 Å².